The quantitative estimate of drug-likeness (QED) is 0.767. The lowest BCUT2D eigenvalue weighted by Crippen LogP contribution is -2.33. The zero-order valence-electron chi connectivity index (χ0n) is 13.1. The second kappa shape index (κ2) is 7.78. The van der Waals surface area contributed by atoms with Gasteiger partial charge in [-0.15, -0.1) is 0 Å². The summed E-state index contributed by atoms with van der Waals surface area (Å²) in [7, 11) is -3.96. The lowest BCUT2D eigenvalue weighted by Gasteiger charge is -2.23. The average Bonchev–Trinajstić information content (AvgIpc) is 2.56. The van der Waals surface area contributed by atoms with Crippen molar-refractivity contribution in [3.8, 4) is 5.75 Å². The van der Waals surface area contributed by atoms with E-state index in [9.17, 15) is 18.3 Å². The molecule has 1 heterocycles. The van der Waals surface area contributed by atoms with Gasteiger partial charge in [-0.3, -0.25) is 14.1 Å². The van der Waals surface area contributed by atoms with Crippen LogP contribution in [-0.2, 0) is 19.6 Å². The minimum atomic E-state index is -3.96. The van der Waals surface area contributed by atoms with Crippen molar-refractivity contribution in [2.75, 3.05) is 17.5 Å². The topological polar surface area (TPSA) is 96.8 Å². The summed E-state index contributed by atoms with van der Waals surface area (Å²) in [6.07, 6.45) is 2.82. The highest BCUT2D eigenvalue weighted by Gasteiger charge is 2.26. The molecule has 0 unspecified atom stereocenters. The second-order valence-corrected chi connectivity index (χ2v) is 6.70. The molecule has 128 valence electrons. The minimum absolute atomic E-state index is 0.0739. The average molecular weight is 350 g/mol. The van der Waals surface area contributed by atoms with Crippen LogP contribution in [0.15, 0.2) is 53.7 Å². The normalized spacial score (nSPS) is 11.0. The lowest BCUT2D eigenvalue weighted by atomic mass is 10.3. The molecule has 1 aromatic heterocycles. The number of sulfonamides is 1. The van der Waals surface area contributed by atoms with E-state index in [1.807, 2.05) is 0 Å². The molecule has 1 aromatic carbocycles. The fraction of sp³-hybridized carbons (Fsp3) is 0.250. The zero-order valence-corrected chi connectivity index (χ0v) is 13.9. The molecule has 0 atom stereocenters. The van der Waals surface area contributed by atoms with Crippen molar-refractivity contribution in [1.82, 2.24) is 4.98 Å². The minimum Gasteiger partial charge on any atom is -0.508 e. The van der Waals surface area contributed by atoms with Gasteiger partial charge >= 0.3 is 5.97 Å². The number of hydrogen-bond donors (Lipinski definition) is 1. The monoisotopic (exact) mass is 350 g/mol. The molecule has 0 aliphatic carbocycles. The van der Waals surface area contributed by atoms with Gasteiger partial charge in [0, 0.05) is 18.8 Å². The van der Waals surface area contributed by atoms with Crippen molar-refractivity contribution in [3.63, 3.8) is 0 Å². The van der Waals surface area contributed by atoms with E-state index in [2.05, 4.69) is 4.98 Å². The predicted octanol–water partition coefficient (Wildman–Crippen LogP) is 1.94. The summed E-state index contributed by atoms with van der Waals surface area (Å²) in [5.74, 6) is -0.648. The van der Waals surface area contributed by atoms with Crippen molar-refractivity contribution in [2.24, 2.45) is 0 Å². The van der Waals surface area contributed by atoms with E-state index in [4.69, 9.17) is 4.74 Å². The highest BCUT2D eigenvalue weighted by Crippen LogP contribution is 2.25. The summed E-state index contributed by atoms with van der Waals surface area (Å²) in [6, 6.07) is 8.54. The first-order chi connectivity index (χ1) is 11.4. The Balaban J connectivity index is 2.36. The largest absolute Gasteiger partial charge is 0.508 e. The molecule has 2 aromatic rings. The van der Waals surface area contributed by atoms with Crippen LogP contribution >= 0.6 is 0 Å². The smallest absolute Gasteiger partial charge is 0.307 e. The number of esters is 1. The molecule has 0 radical (unpaired) electrons. The Bertz CT molecular complexity index is 793. The van der Waals surface area contributed by atoms with Gasteiger partial charge in [0.1, 0.15) is 5.75 Å². The molecule has 0 aliphatic rings. The third-order valence-corrected chi connectivity index (χ3v) is 4.99. The van der Waals surface area contributed by atoms with Gasteiger partial charge in [0.05, 0.1) is 29.8 Å². The third kappa shape index (κ3) is 4.23. The Kier molecular flexibility index (Phi) is 5.75. The molecule has 0 saturated carbocycles. The predicted molar refractivity (Wildman–Crippen MR) is 88.1 cm³/mol. The van der Waals surface area contributed by atoms with Crippen LogP contribution in [0.1, 0.15) is 13.3 Å². The van der Waals surface area contributed by atoms with Crippen molar-refractivity contribution >= 4 is 21.7 Å². The zero-order chi connectivity index (χ0) is 17.6. The molecule has 0 amide bonds. The van der Waals surface area contributed by atoms with Crippen LogP contribution in [0.25, 0.3) is 0 Å². The molecule has 7 nitrogen and oxygen atoms in total. The Labute approximate surface area is 140 Å². The van der Waals surface area contributed by atoms with Gasteiger partial charge in [0.2, 0.25) is 0 Å². The van der Waals surface area contributed by atoms with Crippen LogP contribution in [-0.4, -0.2) is 37.6 Å². The number of phenols is 1. The van der Waals surface area contributed by atoms with E-state index in [1.54, 1.807) is 19.1 Å². The maximum atomic E-state index is 12.9. The van der Waals surface area contributed by atoms with E-state index >= 15 is 0 Å². The molecule has 8 heteroatoms. The maximum Gasteiger partial charge on any atom is 0.307 e. The molecule has 24 heavy (non-hydrogen) atoms. The molecule has 0 spiro atoms. The number of rotatable bonds is 7. The number of phenolic OH excluding ortho intramolecular Hbond substituents is 1. The number of anilines is 1. The van der Waals surface area contributed by atoms with Crippen molar-refractivity contribution in [3.05, 3.63) is 48.8 Å². The molecule has 0 fully saturated rings. The molecule has 2 rings (SSSR count). The number of ether oxygens (including phenoxy) is 1. The van der Waals surface area contributed by atoms with Gasteiger partial charge in [0.15, 0.2) is 0 Å². The molecule has 0 saturated heterocycles. The van der Waals surface area contributed by atoms with Crippen LogP contribution in [0.3, 0.4) is 0 Å². The first-order valence-electron chi connectivity index (χ1n) is 7.32. The van der Waals surface area contributed by atoms with E-state index in [0.717, 1.165) is 10.4 Å². The van der Waals surface area contributed by atoms with E-state index in [0.29, 0.717) is 5.69 Å². The van der Waals surface area contributed by atoms with Crippen LogP contribution in [0.5, 0.6) is 5.75 Å². The Hall–Kier alpha value is -2.61. The summed E-state index contributed by atoms with van der Waals surface area (Å²) >= 11 is 0. The summed E-state index contributed by atoms with van der Waals surface area (Å²) in [5.41, 5.74) is 0.324. The number of carbonyl (C=O) groups is 1. The van der Waals surface area contributed by atoms with Crippen LogP contribution in [0.2, 0.25) is 0 Å². The molecular formula is C16H18N2O5S. The van der Waals surface area contributed by atoms with Gasteiger partial charge in [-0.1, -0.05) is 6.07 Å². The standard InChI is InChI=1S/C16H18N2O5S/c1-2-23-16(20)8-10-18(13-5-4-9-17-12-13)24(21,22)15-7-3-6-14(19)11-15/h3-7,9,11-12,19H,2,8,10H2,1H3. The van der Waals surface area contributed by atoms with E-state index in [1.165, 1.54) is 30.6 Å². The van der Waals surface area contributed by atoms with E-state index < -0.39 is 16.0 Å². The summed E-state index contributed by atoms with van der Waals surface area (Å²) in [6.45, 7) is 1.81. The van der Waals surface area contributed by atoms with Crippen LogP contribution in [0.4, 0.5) is 5.69 Å². The first kappa shape index (κ1) is 17.7. The highest BCUT2D eigenvalue weighted by atomic mass is 32.2. The summed E-state index contributed by atoms with van der Waals surface area (Å²) in [4.78, 5) is 15.4. The van der Waals surface area contributed by atoms with E-state index in [-0.39, 0.29) is 30.2 Å². The number of nitrogens with zero attached hydrogens (tertiary/aromatic N) is 2. The molecule has 0 aliphatic heterocycles. The van der Waals surface area contributed by atoms with Crippen LogP contribution < -0.4 is 4.31 Å². The fourth-order valence-electron chi connectivity index (χ4n) is 2.09. The third-order valence-electron chi connectivity index (χ3n) is 3.16. The SMILES string of the molecule is CCOC(=O)CCN(c1cccnc1)S(=O)(=O)c1cccc(O)c1. The first-order valence-corrected chi connectivity index (χ1v) is 8.76. The molecule has 0 bridgehead atoms. The maximum absolute atomic E-state index is 12.9. The number of pyridine rings is 1. The number of hydrogen-bond acceptors (Lipinski definition) is 6. The van der Waals surface area contributed by atoms with Gasteiger partial charge in [-0.05, 0) is 31.2 Å². The fourth-order valence-corrected chi connectivity index (χ4v) is 3.58. The Morgan fingerprint density at radius 1 is 1.29 bits per heavy atom. The van der Waals surface area contributed by atoms with Crippen molar-refractivity contribution < 1.29 is 23.1 Å². The van der Waals surface area contributed by atoms with Gasteiger partial charge in [0.25, 0.3) is 10.0 Å². The Morgan fingerprint density at radius 3 is 2.71 bits per heavy atom. The van der Waals surface area contributed by atoms with Crippen LogP contribution in [0, 0.1) is 0 Å². The number of carbonyl (C=O) groups excluding carboxylic acids is 1. The molecule has 1 N–H and O–H groups in total. The van der Waals surface area contributed by atoms with Crippen molar-refractivity contribution in [1.29, 1.82) is 0 Å². The number of aromatic nitrogens is 1. The number of benzene rings is 1. The highest BCUT2D eigenvalue weighted by molar-refractivity contribution is 7.92. The van der Waals surface area contributed by atoms with Gasteiger partial charge in [-0.25, -0.2) is 8.42 Å². The van der Waals surface area contributed by atoms with Gasteiger partial charge in [-0.2, -0.15) is 0 Å². The van der Waals surface area contributed by atoms with Crippen molar-refractivity contribution in [2.45, 2.75) is 18.2 Å². The second-order valence-electron chi connectivity index (χ2n) is 4.84. The Morgan fingerprint density at radius 2 is 2.08 bits per heavy atom. The number of aromatic hydroxyl groups is 1. The molecular weight excluding hydrogens is 332 g/mol. The summed E-state index contributed by atoms with van der Waals surface area (Å²) in [5, 5.41) is 9.55. The lowest BCUT2D eigenvalue weighted by molar-refractivity contribution is -0.142. The van der Waals surface area contributed by atoms with Gasteiger partial charge < -0.3 is 9.84 Å². The summed E-state index contributed by atoms with van der Waals surface area (Å²) < 4.78 is 31.7.